The van der Waals surface area contributed by atoms with E-state index in [0.717, 1.165) is 111 Å². The minimum atomic E-state index is 0.826. The molecule has 0 bridgehead atoms. The van der Waals surface area contributed by atoms with Gasteiger partial charge in [0.05, 0.1) is 44.8 Å². The van der Waals surface area contributed by atoms with Crippen molar-refractivity contribution in [3.05, 3.63) is 194 Å². The van der Waals surface area contributed by atoms with Crippen LogP contribution in [0.4, 0.5) is 0 Å². The summed E-state index contributed by atoms with van der Waals surface area (Å²) < 4.78 is 6.39. The highest BCUT2D eigenvalue weighted by atomic mass is 16.3. The molecule has 0 saturated heterocycles. The molecule has 5 heteroatoms. The number of nitrogens with zero attached hydrogens (tertiary/aromatic N) is 4. The number of hydrogen-bond donors (Lipinski definition) is 0. The van der Waals surface area contributed by atoms with Gasteiger partial charge in [-0.2, -0.15) is 0 Å². The Kier molecular flexibility index (Phi) is 7.24. The van der Waals surface area contributed by atoms with Gasteiger partial charge in [0.2, 0.25) is 0 Å². The number of benzene rings is 8. The van der Waals surface area contributed by atoms with E-state index in [4.69, 9.17) is 24.4 Å². The average Bonchev–Trinajstić information content (AvgIpc) is 3.70. The number of furan rings is 1. The Hall–Kier alpha value is -8.28. The molecule has 5 heterocycles. The van der Waals surface area contributed by atoms with E-state index in [2.05, 4.69) is 194 Å². The third-order valence-corrected chi connectivity index (χ3v) is 12.2. The average molecular weight is 777 g/mol. The van der Waals surface area contributed by atoms with E-state index in [1.54, 1.807) is 0 Å². The van der Waals surface area contributed by atoms with Crippen LogP contribution in [-0.2, 0) is 0 Å². The Morgan fingerprint density at radius 3 is 0.918 bits per heavy atom. The van der Waals surface area contributed by atoms with Crippen LogP contribution in [0.15, 0.2) is 199 Å². The molecule has 0 fully saturated rings. The molecule has 8 aromatic carbocycles. The predicted octanol–water partition coefficient (Wildman–Crippen LogP) is 14.8. The fourth-order valence-corrected chi connectivity index (χ4v) is 8.97. The molecule has 0 N–H and O–H groups in total. The summed E-state index contributed by atoms with van der Waals surface area (Å²) in [5.41, 5.74) is 13.0. The van der Waals surface area contributed by atoms with Crippen molar-refractivity contribution in [2.45, 2.75) is 0 Å². The first-order valence-electron chi connectivity index (χ1n) is 20.5. The third kappa shape index (κ3) is 5.55. The zero-order chi connectivity index (χ0) is 40.0. The molecule has 13 aromatic rings. The van der Waals surface area contributed by atoms with Gasteiger partial charge in [0.15, 0.2) is 0 Å². The summed E-state index contributed by atoms with van der Waals surface area (Å²) in [6.07, 6.45) is 0. The maximum Gasteiger partial charge on any atom is 0.135 e. The molecule has 0 saturated carbocycles. The van der Waals surface area contributed by atoms with Gasteiger partial charge in [-0.25, -0.2) is 19.9 Å². The Bertz CT molecular complexity index is 3700. The molecule has 0 radical (unpaired) electrons. The molecule has 5 nitrogen and oxygen atoms in total. The van der Waals surface area contributed by atoms with Crippen molar-refractivity contribution in [1.82, 2.24) is 19.9 Å². The van der Waals surface area contributed by atoms with Gasteiger partial charge in [0.25, 0.3) is 0 Å². The number of pyridine rings is 4. The third-order valence-electron chi connectivity index (χ3n) is 12.2. The second-order valence-electron chi connectivity index (χ2n) is 15.9. The molecule has 0 amide bonds. The van der Waals surface area contributed by atoms with Crippen LogP contribution < -0.4 is 0 Å². The maximum atomic E-state index is 6.39. The van der Waals surface area contributed by atoms with Gasteiger partial charge in [-0.1, -0.05) is 121 Å². The van der Waals surface area contributed by atoms with Crippen molar-refractivity contribution in [1.29, 1.82) is 0 Å². The first-order valence-corrected chi connectivity index (χ1v) is 20.5. The number of fused-ring (bicyclic) bond motifs is 11. The maximum absolute atomic E-state index is 6.39. The Morgan fingerprint density at radius 2 is 0.541 bits per heavy atom. The minimum absolute atomic E-state index is 0.826. The second-order valence-corrected chi connectivity index (χ2v) is 15.9. The molecular formula is C56H32N4O. The van der Waals surface area contributed by atoms with Crippen molar-refractivity contribution in [3.8, 4) is 45.0 Å². The topological polar surface area (TPSA) is 64.7 Å². The molecule has 0 unspecified atom stereocenters. The first kappa shape index (κ1) is 33.7. The fourth-order valence-electron chi connectivity index (χ4n) is 8.97. The lowest BCUT2D eigenvalue weighted by Crippen LogP contribution is -1.91. The number of aromatic nitrogens is 4. The van der Waals surface area contributed by atoms with E-state index in [1.807, 2.05) is 0 Å². The summed E-state index contributed by atoms with van der Waals surface area (Å²) in [7, 11) is 0. The highest BCUT2D eigenvalue weighted by molar-refractivity contribution is 6.09. The molecule has 0 aliphatic heterocycles. The highest BCUT2D eigenvalue weighted by Crippen LogP contribution is 2.37. The standard InChI is InChI=1S/C56H32N4O/c1-3-7-39-29-41(15-9-33(39)5-1)47-23-17-35-11-13-37-19-25-49(59-55(37)53(35)57-47)43-21-27-51-45(31-43)46-32-44(22-28-52(46)61-51)50-26-20-38-14-12-36-18-24-48(58-54(36)56(38)60-50)42-16-10-34-6-2-4-8-40(34)30-42/h1-32H. The van der Waals surface area contributed by atoms with E-state index >= 15 is 0 Å². The van der Waals surface area contributed by atoms with Crippen LogP contribution in [0.3, 0.4) is 0 Å². The van der Waals surface area contributed by atoms with E-state index in [0.29, 0.717) is 0 Å². The van der Waals surface area contributed by atoms with Crippen molar-refractivity contribution >= 4 is 87.1 Å². The molecule has 0 aliphatic rings. The molecule has 5 aromatic heterocycles. The quantitative estimate of drug-likeness (QED) is 0.167. The van der Waals surface area contributed by atoms with E-state index in [1.165, 1.54) is 21.5 Å². The Balaban J connectivity index is 0.895. The summed E-state index contributed by atoms with van der Waals surface area (Å²) in [5.74, 6) is 0. The van der Waals surface area contributed by atoms with Gasteiger partial charge >= 0.3 is 0 Å². The molecule has 13 rings (SSSR count). The van der Waals surface area contributed by atoms with Gasteiger partial charge < -0.3 is 4.42 Å². The van der Waals surface area contributed by atoms with Gasteiger partial charge in [-0.15, -0.1) is 0 Å². The Labute approximate surface area is 349 Å². The lowest BCUT2D eigenvalue weighted by molar-refractivity contribution is 0.669. The van der Waals surface area contributed by atoms with Crippen LogP contribution in [0.25, 0.3) is 132 Å². The first-order chi connectivity index (χ1) is 30.1. The Morgan fingerprint density at radius 1 is 0.246 bits per heavy atom. The van der Waals surface area contributed by atoms with E-state index in [9.17, 15) is 0 Å². The molecule has 61 heavy (non-hydrogen) atoms. The van der Waals surface area contributed by atoms with E-state index < -0.39 is 0 Å². The molecule has 0 aliphatic carbocycles. The number of hydrogen-bond acceptors (Lipinski definition) is 5. The van der Waals surface area contributed by atoms with Crippen molar-refractivity contribution in [2.24, 2.45) is 0 Å². The van der Waals surface area contributed by atoms with Gasteiger partial charge in [-0.3, -0.25) is 0 Å². The SMILES string of the molecule is c1ccc2cc(-c3ccc4ccc5ccc(-c6ccc7oc8ccc(-c9ccc%10ccc%11ccc(-c%12ccc%13ccccc%13c%12)nc%11c%10n9)cc8c7c6)nc5c4n3)ccc2c1. The van der Waals surface area contributed by atoms with Gasteiger partial charge in [-0.05, 0) is 94.3 Å². The van der Waals surface area contributed by atoms with Crippen LogP contribution >= 0.6 is 0 Å². The normalized spacial score (nSPS) is 11.9. The summed E-state index contributed by atoms with van der Waals surface area (Å²) in [6.45, 7) is 0. The largest absolute Gasteiger partial charge is 0.456 e. The summed E-state index contributed by atoms with van der Waals surface area (Å²) in [4.78, 5) is 21.0. The monoisotopic (exact) mass is 776 g/mol. The fraction of sp³-hybridized carbons (Fsp3) is 0. The molecular weight excluding hydrogens is 745 g/mol. The van der Waals surface area contributed by atoms with Crippen molar-refractivity contribution in [3.63, 3.8) is 0 Å². The lowest BCUT2D eigenvalue weighted by Gasteiger charge is -2.09. The number of rotatable bonds is 4. The highest BCUT2D eigenvalue weighted by Gasteiger charge is 2.15. The summed E-state index contributed by atoms with van der Waals surface area (Å²) in [6, 6.07) is 68.1. The minimum Gasteiger partial charge on any atom is -0.456 e. The van der Waals surface area contributed by atoms with Crippen LogP contribution in [-0.4, -0.2) is 19.9 Å². The van der Waals surface area contributed by atoms with E-state index in [-0.39, 0.29) is 0 Å². The molecule has 0 spiro atoms. The van der Waals surface area contributed by atoms with Crippen LogP contribution in [0.2, 0.25) is 0 Å². The van der Waals surface area contributed by atoms with Crippen molar-refractivity contribution in [2.75, 3.05) is 0 Å². The van der Waals surface area contributed by atoms with Gasteiger partial charge in [0, 0.05) is 54.6 Å². The molecule has 0 atom stereocenters. The van der Waals surface area contributed by atoms with Crippen LogP contribution in [0, 0.1) is 0 Å². The molecule has 282 valence electrons. The van der Waals surface area contributed by atoms with Crippen LogP contribution in [0.1, 0.15) is 0 Å². The lowest BCUT2D eigenvalue weighted by atomic mass is 10.0. The van der Waals surface area contributed by atoms with Crippen molar-refractivity contribution < 1.29 is 4.42 Å². The summed E-state index contributed by atoms with van der Waals surface area (Å²) in [5, 5.41) is 11.1. The zero-order valence-corrected chi connectivity index (χ0v) is 32.7. The zero-order valence-electron chi connectivity index (χ0n) is 32.7. The summed E-state index contributed by atoms with van der Waals surface area (Å²) >= 11 is 0. The predicted molar refractivity (Wildman–Crippen MR) is 252 cm³/mol. The van der Waals surface area contributed by atoms with Gasteiger partial charge in [0.1, 0.15) is 11.2 Å². The smallest absolute Gasteiger partial charge is 0.135 e. The van der Waals surface area contributed by atoms with Crippen LogP contribution in [0.5, 0.6) is 0 Å². The second kappa shape index (κ2) is 13.1.